The van der Waals surface area contributed by atoms with Crippen LogP contribution in [0.25, 0.3) is 11.5 Å². The molecule has 2 heterocycles. The van der Waals surface area contributed by atoms with Gasteiger partial charge in [-0.3, -0.25) is 4.98 Å². The average Bonchev–Trinajstić information content (AvgIpc) is 2.78. The van der Waals surface area contributed by atoms with Gasteiger partial charge in [-0.2, -0.15) is 4.98 Å². The predicted molar refractivity (Wildman–Crippen MR) is 53.9 cm³/mol. The zero-order valence-electron chi connectivity index (χ0n) is 8.61. The van der Waals surface area contributed by atoms with Gasteiger partial charge in [-0.15, -0.1) is 0 Å². The molecule has 0 aromatic carbocycles. The Labute approximate surface area is 91.3 Å². The van der Waals surface area contributed by atoms with E-state index in [4.69, 9.17) is 10.3 Å². The highest BCUT2D eigenvalue weighted by molar-refractivity contribution is 5.45. The van der Waals surface area contributed by atoms with Crippen molar-refractivity contribution in [3.63, 3.8) is 0 Å². The second kappa shape index (κ2) is 4.33. The molecule has 84 valence electrons. The van der Waals surface area contributed by atoms with E-state index < -0.39 is 12.1 Å². The summed E-state index contributed by atoms with van der Waals surface area (Å²) in [6.07, 6.45) is 3.84. The molecule has 0 saturated carbocycles. The second-order valence-corrected chi connectivity index (χ2v) is 3.31. The Hall–Kier alpha value is -1.86. The molecule has 0 saturated heterocycles. The van der Waals surface area contributed by atoms with Gasteiger partial charge in [0.05, 0.1) is 12.3 Å². The molecule has 2 aromatic heterocycles. The number of aliphatic hydroxyl groups excluding tert-OH is 1. The third kappa shape index (κ3) is 2.05. The second-order valence-electron chi connectivity index (χ2n) is 3.31. The summed E-state index contributed by atoms with van der Waals surface area (Å²) < 4.78 is 4.93. The highest BCUT2D eigenvalue weighted by Gasteiger charge is 2.20. The van der Waals surface area contributed by atoms with Crippen LogP contribution in [0, 0.1) is 0 Å². The van der Waals surface area contributed by atoms with E-state index in [1.165, 1.54) is 12.4 Å². The van der Waals surface area contributed by atoms with Crippen LogP contribution < -0.4 is 5.73 Å². The molecule has 0 spiro atoms. The number of aliphatic hydroxyl groups is 1. The minimum Gasteiger partial charge on any atom is -0.391 e. The predicted octanol–water partition coefficient (Wildman–Crippen LogP) is -0.0928. The van der Waals surface area contributed by atoms with Gasteiger partial charge in [0.25, 0.3) is 0 Å². The number of nitrogens with zero attached hydrogens (tertiary/aromatic N) is 4. The lowest BCUT2D eigenvalue weighted by molar-refractivity contribution is 0.146. The van der Waals surface area contributed by atoms with Crippen molar-refractivity contribution in [1.82, 2.24) is 20.1 Å². The van der Waals surface area contributed by atoms with Crippen molar-refractivity contribution in [2.45, 2.75) is 19.1 Å². The standard InChI is InChI=1S/C9H11N5O2/c1-5(15)7(10)9-13-8(14-16-9)6-4-11-2-3-12-6/h2-5,7,15H,10H2,1H3. The fraction of sp³-hybridized carbons (Fsp3) is 0.333. The van der Waals surface area contributed by atoms with Crippen LogP contribution in [0.3, 0.4) is 0 Å². The first-order valence-corrected chi connectivity index (χ1v) is 4.72. The summed E-state index contributed by atoms with van der Waals surface area (Å²) >= 11 is 0. The van der Waals surface area contributed by atoms with Crippen molar-refractivity contribution in [1.29, 1.82) is 0 Å². The first-order chi connectivity index (χ1) is 7.68. The minimum atomic E-state index is -0.754. The highest BCUT2D eigenvalue weighted by Crippen LogP contribution is 2.16. The van der Waals surface area contributed by atoms with E-state index in [1.54, 1.807) is 13.1 Å². The lowest BCUT2D eigenvalue weighted by Gasteiger charge is -2.08. The first kappa shape index (κ1) is 10.7. The number of rotatable bonds is 3. The third-order valence-corrected chi connectivity index (χ3v) is 2.04. The summed E-state index contributed by atoms with van der Waals surface area (Å²) in [5.41, 5.74) is 6.14. The Balaban J connectivity index is 2.27. The molecule has 3 N–H and O–H groups in total. The van der Waals surface area contributed by atoms with Gasteiger partial charge in [-0.25, -0.2) is 4.98 Å². The van der Waals surface area contributed by atoms with Crippen LogP contribution >= 0.6 is 0 Å². The van der Waals surface area contributed by atoms with Gasteiger partial charge in [-0.05, 0) is 6.92 Å². The molecule has 2 atom stereocenters. The lowest BCUT2D eigenvalue weighted by Crippen LogP contribution is -2.23. The van der Waals surface area contributed by atoms with Crippen LogP contribution in [0.1, 0.15) is 18.9 Å². The van der Waals surface area contributed by atoms with E-state index >= 15 is 0 Å². The quantitative estimate of drug-likeness (QED) is 0.744. The Kier molecular flexibility index (Phi) is 2.88. The van der Waals surface area contributed by atoms with Gasteiger partial charge >= 0.3 is 0 Å². The molecule has 0 radical (unpaired) electrons. The van der Waals surface area contributed by atoms with Crippen LogP contribution in [-0.4, -0.2) is 31.3 Å². The molecular formula is C9H11N5O2. The smallest absolute Gasteiger partial charge is 0.246 e. The van der Waals surface area contributed by atoms with Crippen LogP contribution in [-0.2, 0) is 0 Å². The van der Waals surface area contributed by atoms with Gasteiger partial charge in [0.2, 0.25) is 11.7 Å². The number of hydrogen-bond donors (Lipinski definition) is 2. The number of nitrogens with two attached hydrogens (primary N) is 1. The molecular weight excluding hydrogens is 210 g/mol. The molecule has 7 nitrogen and oxygen atoms in total. The van der Waals surface area contributed by atoms with Crippen molar-refractivity contribution in [2.24, 2.45) is 5.73 Å². The average molecular weight is 221 g/mol. The van der Waals surface area contributed by atoms with Gasteiger partial charge in [0, 0.05) is 12.4 Å². The van der Waals surface area contributed by atoms with Crippen LogP contribution in [0.15, 0.2) is 23.1 Å². The maximum Gasteiger partial charge on any atom is 0.246 e. The molecule has 2 aromatic rings. The molecule has 0 amide bonds. The Morgan fingerprint density at radius 2 is 2.25 bits per heavy atom. The van der Waals surface area contributed by atoms with Gasteiger partial charge in [0.15, 0.2) is 0 Å². The summed E-state index contributed by atoms with van der Waals surface area (Å²) in [6, 6.07) is -0.696. The molecule has 7 heteroatoms. The van der Waals surface area contributed by atoms with Crippen LogP contribution in [0.2, 0.25) is 0 Å². The van der Waals surface area contributed by atoms with E-state index in [1.807, 2.05) is 0 Å². The van der Waals surface area contributed by atoms with Crippen LogP contribution in [0.4, 0.5) is 0 Å². The summed E-state index contributed by atoms with van der Waals surface area (Å²) in [5.74, 6) is 0.481. The monoisotopic (exact) mass is 221 g/mol. The van der Waals surface area contributed by atoms with Crippen molar-refractivity contribution in [3.05, 3.63) is 24.5 Å². The van der Waals surface area contributed by atoms with Crippen molar-refractivity contribution in [3.8, 4) is 11.5 Å². The summed E-state index contributed by atoms with van der Waals surface area (Å²) in [5, 5.41) is 13.0. The molecule has 16 heavy (non-hydrogen) atoms. The third-order valence-electron chi connectivity index (χ3n) is 2.04. The Bertz CT molecular complexity index is 456. The van der Waals surface area contributed by atoms with E-state index in [0.29, 0.717) is 11.5 Å². The lowest BCUT2D eigenvalue weighted by atomic mass is 10.2. The molecule has 0 bridgehead atoms. The van der Waals surface area contributed by atoms with E-state index in [0.717, 1.165) is 0 Å². The number of aromatic nitrogens is 4. The van der Waals surface area contributed by atoms with Crippen molar-refractivity contribution >= 4 is 0 Å². The minimum absolute atomic E-state index is 0.177. The normalized spacial score (nSPS) is 14.7. The maximum atomic E-state index is 9.27. The summed E-state index contributed by atoms with van der Waals surface area (Å²) in [4.78, 5) is 11.9. The first-order valence-electron chi connectivity index (χ1n) is 4.72. The summed E-state index contributed by atoms with van der Waals surface area (Å²) in [6.45, 7) is 1.55. The maximum absolute atomic E-state index is 9.27. The van der Waals surface area contributed by atoms with Gasteiger partial charge < -0.3 is 15.4 Å². The van der Waals surface area contributed by atoms with E-state index in [9.17, 15) is 5.11 Å². The van der Waals surface area contributed by atoms with Crippen molar-refractivity contribution in [2.75, 3.05) is 0 Å². The number of hydrogen-bond acceptors (Lipinski definition) is 7. The largest absolute Gasteiger partial charge is 0.391 e. The zero-order valence-corrected chi connectivity index (χ0v) is 8.61. The molecule has 0 aliphatic heterocycles. The molecule has 0 fully saturated rings. The fourth-order valence-electron chi connectivity index (χ4n) is 1.10. The summed E-state index contributed by atoms with van der Waals surface area (Å²) in [7, 11) is 0. The van der Waals surface area contributed by atoms with E-state index in [-0.39, 0.29) is 5.89 Å². The molecule has 0 aliphatic rings. The van der Waals surface area contributed by atoms with Crippen LogP contribution in [0.5, 0.6) is 0 Å². The molecule has 0 aliphatic carbocycles. The zero-order chi connectivity index (χ0) is 11.5. The Morgan fingerprint density at radius 1 is 1.44 bits per heavy atom. The van der Waals surface area contributed by atoms with Gasteiger partial charge in [0.1, 0.15) is 11.7 Å². The Morgan fingerprint density at radius 3 is 2.88 bits per heavy atom. The highest BCUT2D eigenvalue weighted by atomic mass is 16.5. The van der Waals surface area contributed by atoms with Crippen molar-refractivity contribution < 1.29 is 9.63 Å². The topological polar surface area (TPSA) is 111 Å². The fourth-order valence-corrected chi connectivity index (χ4v) is 1.10. The SMILES string of the molecule is CC(O)C(N)c1nc(-c2cnccn2)no1. The van der Waals surface area contributed by atoms with E-state index in [2.05, 4.69) is 20.1 Å². The molecule has 2 rings (SSSR count). The molecule has 2 unspecified atom stereocenters. The van der Waals surface area contributed by atoms with Gasteiger partial charge in [-0.1, -0.05) is 5.16 Å².